The van der Waals surface area contributed by atoms with Gasteiger partial charge in [-0.1, -0.05) is 31.9 Å². The molecule has 0 fully saturated rings. The van der Waals surface area contributed by atoms with Crippen molar-refractivity contribution in [3.05, 3.63) is 36.2 Å². The summed E-state index contributed by atoms with van der Waals surface area (Å²) in [6.45, 7) is 3.84. The first kappa shape index (κ1) is 9.66. The van der Waals surface area contributed by atoms with Crippen LogP contribution < -0.4 is 0 Å². The number of aromatic nitrogens is 1. The van der Waals surface area contributed by atoms with E-state index < -0.39 is 0 Å². The Hall–Kier alpha value is -0.890. The van der Waals surface area contributed by atoms with Gasteiger partial charge < -0.3 is 0 Å². The molecule has 1 heterocycles. The molecule has 0 aliphatic rings. The van der Waals surface area contributed by atoms with Gasteiger partial charge in [-0.05, 0) is 25.0 Å². The lowest BCUT2D eigenvalue weighted by atomic mass is 10.2. The predicted molar refractivity (Wildman–Crippen MR) is 62.5 cm³/mol. The molecule has 2 aromatic rings. The second kappa shape index (κ2) is 4.56. The molecule has 1 nitrogen and oxygen atoms in total. The van der Waals surface area contributed by atoms with Crippen molar-refractivity contribution < 1.29 is 0 Å². The molecular weight excluding hydrogens is 190 g/mol. The Labute approximate surface area is 88.8 Å². The van der Waals surface area contributed by atoms with E-state index in [1.165, 1.54) is 22.5 Å². The third-order valence-electron chi connectivity index (χ3n) is 2.23. The maximum Gasteiger partial charge on any atom is 0.0938 e. The standard InChI is InChI=1S/C12H14NS/c1-2-3-4-9-12-13-10-7-5-6-8-11(10)14-12/h5-8H,1-4,9H2. The minimum absolute atomic E-state index is 1.03. The Balaban J connectivity index is 2.11. The number of para-hydroxylation sites is 1. The van der Waals surface area contributed by atoms with Crippen LogP contribution >= 0.6 is 11.3 Å². The van der Waals surface area contributed by atoms with E-state index in [1.807, 2.05) is 17.4 Å². The van der Waals surface area contributed by atoms with Gasteiger partial charge in [0.25, 0.3) is 0 Å². The maximum atomic E-state index is 4.58. The van der Waals surface area contributed by atoms with E-state index in [0.717, 1.165) is 18.4 Å². The summed E-state index contributed by atoms with van der Waals surface area (Å²) in [6, 6.07) is 8.33. The van der Waals surface area contributed by atoms with Crippen molar-refractivity contribution in [2.45, 2.75) is 25.7 Å². The molecule has 2 rings (SSSR count). The number of nitrogens with zero attached hydrogens (tertiary/aromatic N) is 1. The zero-order valence-electron chi connectivity index (χ0n) is 8.20. The average Bonchev–Trinajstić information content (AvgIpc) is 2.60. The molecule has 0 bridgehead atoms. The van der Waals surface area contributed by atoms with Gasteiger partial charge in [-0.2, -0.15) is 0 Å². The van der Waals surface area contributed by atoms with E-state index in [0.29, 0.717) is 0 Å². The highest BCUT2D eigenvalue weighted by Gasteiger charge is 2.01. The number of unbranched alkanes of at least 4 members (excludes halogenated alkanes) is 2. The number of hydrogen-bond donors (Lipinski definition) is 0. The highest BCUT2D eigenvalue weighted by atomic mass is 32.1. The molecule has 0 spiro atoms. The molecule has 1 aromatic heterocycles. The van der Waals surface area contributed by atoms with Crippen LogP contribution in [0.15, 0.2) is 24.3 Å². The first-order valence-corrected chi connectivity index (χ1v) is 5.85. The van der Waals surface area contributed by atoms with Crippen molar-refractivity contribution >= 4 is 21.6 Å². The van der Waals surface area contributed by atoms with Crippen LogP contribution in [-0.4, -0.2) is 4.98 Å². The molecule has 14 heavy (non-hydrogen) atoms. The first-order valence-electron chi connectivity index (χ1n) is 5.04. The number of aryl methyl sites for hydroxylation is 1. The molecule has 0 saturated heterocycles. The van der Waals surface area contributed by atoms with Gasteiger partial charge in [0.2, 0.25) is 0 Å². The largest absolute Gasteiger partial charge is 0.241 e. The molecule has 2 heteroatoms. The quantitative estimate of drug-likeness (QED) is 0.689. The molecule has 0 aliphatic carbocycles. The summed E-state index contributed by atoms with van der Waals surface area (Å²) in [4.78, 5) is 4.58. The Morgan fingerprint density at radius 2 is 2.07 bits per heavy atom. The van der Waals surface area contributed by atoms with Crippen LogP contribution in [0, 0.1) is 6.92 Å². The second-order valence-corrected chi connectivity index (χ2v) is 4.50. The fraction of sp³-hybridized carbons (Fsp3) is 0.333. The number of fused-ring (bicyclic) bond motifs is 1. The Kier molecular flexibility index (Phi) is 3.14. The van der Waals surface area contributed by atoms with Gasteiger partial charge >= 0.3 is 0 Å². The van der Waals surface area contributed by atoms with E-state index in [4.69, 9.17) is 0 Å². The van der Waals surface area contributed by atoms with E-state index in [9.17, 15) is 0 Å². The fourth-order valence-electron chi connectivity index (χ4n) is 1.48. The van der Waals surface area contributed by atoms with Gasteiger partial charge in [-0.3, -0.25) is 0 Å². The van der Waals surface area contributed by atoms with Gasteiger partial charge in [0.05, 0.1) is 15.2 Å². The minimum atomic E-state index is 1.03. The Morgan fingerprint density at radius 3 is 2.86 bits per heavy atom. The van der Waals surface area contributed by atoms with Crippen LogP contribution in [0.2, 0.25) is 0 Å². The second-order valence-electron chi connectivity index (χ2n) is 3.39. The highest BCUT2D eigenvalue weighted by molar-refractivity contribution is 7.18. The average molecular weight is 204 g/mol. The molecule has 0 amide bonds. The van der Waals surface area contributed by atoms with Crippen LogP contribution in [-0.2, 0) is 6.42 Å². The molecule has 0 unspecified atom stereocenters. The van der Waals surface area contributed by atoms with E-state index in [1.54, 1.807) is 0 Å². The van der Waals surface area contributed by atoms with Crippen molar-refractivity contribution in [1.29, 1.82) is 0 Å². The number of rotatable bonds is 4. The van der Waals surface area contributed by atoms with Crippen molar-refractivity contribution in [2.75, 3.05) is 0 Å². The fourth-order valence-corrected chi connectivity index (χ4v) is 2.49. The summed E-state index contributed by atoms with van der Waals surface area (Å²) in [5.41, 5.74) is 1.14. The van der Waals surface area contributed by atoms with Gasteiger partial charge in [0, 0.05) is 0 Å². The van der Waals surface area contributed by atoms with Crippen molar-refractivity contribution in [3.8, 4) is 0 Å². The van der Waals surface area contributed by atoms with Crippen molar-refractivity contribution in [3.63, 3.8) is 0 Å². The number of thiazole rings is 1. The third kappa shape index (κ3) is 2.13. The Morgan fingerprint density at radius 1 is 1.21 bits per heavy atom. The van der Waals surface area contributed by atoms with Gasteiger partial charge in [-0.15, -0.1) is 11.3 Å². The monoisotopic (exact) mass is 204 g/mol. The number of benzene rings is 1. The third-order valence-corrected chi connectivity index (χ3v) is 3.32. The van der Waals surface area contributed by atoms with Crippen molar-refractivity contribution in [1.82, 2.24) is 4.98 Å². The van der Waals surface area contributed by atoms with Crippen LogP contribution in [0.5, 0.6) is 0 Å². The zero-order chi connectivity index (χ0) is 9.80. The van der Waals surface area contributed by atoms with Crippen LogP contribution in [0.4, 0.5) is 0 Å². The molecule has 0 aliphatic heterocycles. The minimum Gasteiger partial charge on any atom is -0.241 e. The molecule has 0 N–H and O–H groups in total. The zero-order valence-corrected chi connectivity index (χ0v) is 9.02. The molecule has 1 aromatic carbocycles. The summed E-state index contributed by atoms with van der Waals surface area (Å²) in [6.07, 6.45) is 4.55. The lowest BCUT2D eigenvalue weighted by Gasteiger charge is -1.92. The van der Waals surface area contributed by atoms with Crippen LogP contribution in [0.25, 0.3) is 10.2 Å². The van der Waals surface area contributed by atoms with Gasteiger partial charge in [0.1, 0.15) is 0 Å². The lowest BCUT2D eigenvalue weighted by Crippen LogP contribution is -1.82. The topological polar surface area (TPSA) is 12.9 Å². The van der Waals surface area contributed by atoms with Crippen LogP contribution in [0.3, 0.4) is 0 Å². The molecule has 0 atom stereocenters. The van der Waals surface area contributed by atoms with Gasteiger partial charge in [-0.25, -0.2) is 4.98 Å². The Bertz CT molecular complexity index is 372. The number of hydrogen-bond acceptors (Lipinski definition) is 2. The van der Waals surface area contributed by atoms with Crippen molar-refractivity contribution in [2.24, 2.45) is 0 Å². The van der Waals surface area contributed by atoms with Gasteiger partial charge in [0.15, 0.2) is 0 Å². The predicted octanol–water partition coefficient (Wildman–Crippen LogP) is 3.84. The van der Waals surface area contributed by atoms with E-state index in [-0.39, 0.29) is 0 Å². The maximum absolute atomic E-state index is 4.58. The normalized spacial score (nSPS) is 10.9. The smallest absolute Gasteiger partial charge is 0.0938 e. The molecule has 73 valence electrons. The highest BCUT2D eigenvalue weighted by Crippen LogP contribution is 2.22. The molecular formula is C12H14NS. The SMILES string of the molecule is [CH2]CCCCc1nc2ccccc2s1. The molecule has 1 radical (unpaired) electrons. The van der Waals surface area contributed by atoms with E-state index in [2.05, 4.69) is 30.1 Å². The summed E-state index contributed by atoms with van der Waals surface area (Å²) in [5, 5.41) is 1.26. The summed E-state index contributed by atoms with van der Waals surface area (Å²) < 4.78 is 1.30. The lowest BCUT2D eigenvalue weighted by molar-refractivity contribution is 0.744. The van der Waals surface area contributed by atoms with Crippen LogP contribution in [0.1, 0.15) is 24.3 Å². The summed E-state index contributed by atoms with van der Waals surface area (Å²) in [7, 11) is 0. The summed E-state index contributed by atoms with van der Waals surface area (Å²) in [5.74, 6) is 0. The summed E-state index contributed by atoms with van der Waals surface area (Å²) >= 11 is 1.82. The van der Waals surface area contributed by atoms with E-state index >= 15 is 0 Å². The first-order chi connectivity index (χ1) is 6.90. The molecule has 0 saturated carbocycles.